The molecule has 0 amide bonds. The highest BCUT2D eigenvalue weighted by Crippen LogP contribution is 2.26. The molecule has 0 unspecified atom stereocenters. The number of para-hydroxylation sites is 1. The predicted octanol–water partition coefficient (Wildman–Crippen LogP) is 3.17. The summed E-state index contributed by atoms with van der Waals surface area (Å²) in [4.78, 5) is 4.14. The number of hydrogen-bond acceptors (Lipinski definition) is 4. The maximum Gasteiger partial charge on any atom is 0.341 e. The molecule has 5 nitrogen and oxygen atoms in total. The van der Waals surface area contributed by atoms with Crippen molar-refractivity contribution in [1.29, 1.82) is 0 Å². The van der Waals surface area contributed by atoms with E-state index in [1.165, 1.54) is 0 Å². The highest BCUT2D eigenvalue weighted by molar-refractivity contribution is 6.30. The van der Waals surface area contributed by atoms with Crippen LogP contribution in [0, 0.1) is 0 Å². The Bertz CT molecular complexity index is 742. The van der Waals surface area contributed by atoms with Crippen LogP contribution in [0.25, 0.3) is 5.69 Å². The summed E-state index contributed by atoms with van der Waals surface area (Å²) in [6.45, 7) is 0.329. The number of nitrogens with zero attached hydrogens (tertiary/aromatic N) is 3. The molecule has 0 saturated carbocycles. The number of rotatable bonds is 4. The van der Waals surface area contributed by atoms with Crippen molar-refractivity contribution in [3.8, 4) is 17.4 Å². The molecular weight excluding hydrogens is 288 g/mol. The zero-order valence-electron chi connectivity index (χ0n) is 11.1. The van der Waals surface area contributed by atoms with Gasteiger partial charge in [0.15, 0.2) is 0 Å². The van der Waals surface area contributed by atoms with Gasteiger partial charge < -0.3 is 10.5 Å². The van der Waals surface area contributed by atoms with Crippen LogP contribution in [-0.2, 0) is 6.54 Å². The summed E-state index contributed by atoms with van der Waals surface area (Å²) in [7, 11) is 0. The topological polar surface area (TPSA) is 66.0 Å². The minimum Gasteiger partial charge on any atom is -0.423 e. The van der Waals surface area contributed by atoms with Gasteiger partial charge in [0.25, 0.3) is 0 Å². The molecule has 3 aromatic rings. The van der Waals surface area contributed by atoms with E-state index in [0.29, 0.717) is 17.3 Å². The molecule has 0 radical (unpaired) electrons. The van der Waals surface area contributed by atoms with Gasteiger partial charge in [0, 0.05) is 17.1 Å². The Morgan fingerprint density at radius 3 is 2.71 bits per heavy atom. The number of hydrogen-bond donors (Lipinski definition) is 1. The summed E-state index contributed by atoms with van der Waals surface area (Å²) in [5.74, 6) is 0.604. The molecule has 2 N–H and O–H groups in total. The van der Waals surface area contributed by atoms with E-state index < -0.39 is 0 Å². The van der Waals surface area contributed by atoms with Crippen molar-refractivity contribution in [1.82, 2.24) is 14.8 Å². The van der Waals surface area contributed by atoms with Gasteiger partial charge in [0.1, 0.15) is 12.1 Å². The fraction of sp³-hybridized carbons (Fsp3) is 0.0667. The molecule has 2 aromatic carbocycles. The number of nitrogens with two attached hydrogens (primary N) is 1. The van der Waals surface area contributed by atoms with Crippen molar-refractivity contribution in [2.24, 2.45) is 5.73 Å². The van der Waals surface area contributed by atoms with E-state index in [1.807, 2.05) is 30.3 Å². The van der Waals surface area contributed by atoms with E-state index in [-0.39, 0.29) is 6.01 Å². The smallest absolute Gasteiger partial charge is 0.341 e. The van der Waals surface area contributed by atoms with Crippen LogP contribution in [0.3, 0.4) is 0 Å². The van der Waals surface area contributed by atoms with Crippen LogP contribution < -0.4 is 10.5 Å². The Morgan fingerprint density at radius 2 is 1.95 bits per heavy atom. The average Bonchev–Trinajstić information content (AvgIpc) is 2.98. The largest absolute Gasteiger partial charge is 0.423 e. The van der Waals surface area contributed by atoms with Gasteiger partial charge in [-0.15, -0.1) is 5.10 Å². The molecule has 0 aliphatic heterocycles. The first kappa shape index (κ1) is 13.6. The zero-order valence-corrected chi connectivity index (χ0v) is 11.9. The second-order valence-corrected chi connectivity index (χ2v) is 4.80. The molecular formula is C15H13ClN4O. The number of ether oxygens (including phenoxy) is 1. The summed E-state index contributed by atoms with van der Waals surface area (Å²) in [5.41, 5.74) is 7.40. The van der Waals surface area contributed by atoms with Crippen LogP contribution in [0.1, 0.15) is 5.56 Å². The summed E-state index contributed by atoms with van der Waals surface area (Å²) < 4.78 is 7.32. The zero-order chi connectivity index (χ0) is 14.7. The third-order valence-electron chi connectivity index (χ3n) is 2.94. The lowest BCUT2D eigenvalue weighted by atomic mass is 10.2. The predicted molar refractivity (Wildman–Crippen MR) is 80.8 cm³/mol. The second kappa shape index (κ2) is 5.95. The van der Waals surface area contributed by atoms with E-state index in [0.717, 1.165) is 11.3 Å². The minimum absolute atomic E-state index is 0.260. The van der Waals surface area contributed by atoms with Crippen molar-refractivity contribution in [2.45, 2.75) is 6.54 Å². The normalized spacial score (nSPS) is 10.6. The van der Waals surface area contributed by atoms with Gasteiger partial charge in [-0.05, 0) is 30.3 Å². The van der Waals surface area contributed by atoms with Crippen LogP contribution in [0.15, 0.2) is 54.9 Å². The maximum absolute atomic E-state index is 5.94. The van der Waals surface area contributed by atoms with E-state index in [1.54, 1.807) is 29.2 Å². The number of aromatic nitrogens is 3. The molecule has 106 valence electrons. The quantitative estimate of drug-likeness (QED) is 0.803. The Labute approximate surface area is 126 Å². The van der Waals surface area contributed by atoms with Crippen LogP contribution in [0.4, 0.5) is 0 Å². The molecule has 0 fully saturated rings. The van der Waals surface area contributed by atoms with Gasteiger partial charge in [-0.3, -0.25) is 0 Å². The first-order valence-electron chi connectivity index (χ1n) is 6.39. The highest BCUT2D eigenvalue weighted by Gasteiger charge is 2.09. The Morgan fingerprint density at radius 1 is 1.14 bits per heavy atom. The lowest BCUT2D eigenvalue weighted by Gasteiger charge is -2.07. The third-order valence-corrected chi connectivity index (χ3v) is 3.17. The van der Waals surface area contributed by atoms with Gasteiger partial charge in [-0.1, -0.05) is 29.8 Å². The standard InChI is InChI=1S/C15H13ClN4O/c16-12-6-7-14(11(8-12)9-17)21-15-18-10-20(19-15)13-4-2-1-3-5-13/h1-8,10H,9,17H2. The van der Waals surface area contributed by atoms with E-state index in [4.69, 9.17) is 22.1 Å². The summed E-state index contributed by atoms with van der Waals surface area (Å²) in [6, 6.07) is 15.2. The van der Waals surface area contributed by atoms with Crippen LogP contribution in [-0.4, -0.2) is 14.8 Å². The first-order valence-corrected chi connectivity index (χ1v) is 6.77. The molecule has 3 rings (SSSR count). The third kappa shape index (κ3) is 3.04. The maximum atomic E-state index is 5.94. The van der Waals surface area contributed by atoms with E-state index in [2.05, 4.69) is 10.1 Å². The lowest BCUT2D eigenvalue weighted by molar-refractivity contribution is 0.436. The Kier molecular flexibility index (Phi) is 3.85. The van der Waals surface area contributed by atoms with E-state index in [9.17, 15) is 0 Å². The molecule has 1 aromatic heterocycles. The van der Waals surface area contributed by atoms with Gasteiger partial charge in [-0.25, -0.2) is 4.68 Å². The monoisotopic (exact) mass is 300 g/mol. The highest BCUT2D eigenvalue weighted by atomic mass is 35.5. The average molecular weight is 301 g/mol. The van der Waals surface area contributed by atoms with Crippen molar-refractivity contribution in [3.63, 3.8) is 0 Å². The summed E-state index contributed by atoms with van der Waals surface area (Å²) in [5, 5.41) is 4.90. The molecule has 0 spiro atoms. The van der Waals surface area contributed by atoms with Crippen molar-refractivity contribution in [3.05, 3.63) is 65.4 Å². The van der Waals surface area contributed by atoms with Gasteiger partial charge in [0.2, 0.25) is 0 Å². The molecule has 0 aliphatic carbocycles. The number of benzene rings is 2. The molecule has 21 heavy (non-hydrogen) atoms. The number of halogens is 1. The minimum atomic E-state index is 0.260. The Balaban J connectivity index is 1.85. The Hall–Kier alpha value is -2.37. The fourth-order valence-electron chi connectivity index (χ4n) is 1.91. The first-order chi connectivity index (χ1) is 10.3. The molecule has 0 aliphatic rings. The fourth-order valence-corrected chi connectivity index (χ4v) is 2.10. The van der Waals surface area contributed by atoms with E-state index >= 15 is 0 Å². The van der Waals surface area contributed by atoms with Crippen LogP contribution in [0.2, 0.25) is 5.02 Å². The molecule has 6 heteroatoms. The van der Waals surface area contributed by atoms with Gasteiger partial charge in [-0.2, -0.15) is 4.98 Å². The second-order valence-electron chi connectivity index (χ2n) is 4.37. The molecule has 0 atom stereocenters. The van der Waals surface area contributed by atoms with Gasteiger partial charge in [0.05, 0.1) is 5.69 Å². The molecule has 0 bridgehead atoms. The van der Waals surface area contributed by atoms with Crippen molar-refractivity contribution < 1.29 is 4.74 Å². The lowest BCUT2D eigenvalue weighted by Crippen LogP contribution is -2.00. The van der Waals surface area contributed by atoms with Crippen LogP contribution >= 0.6 is 11.6 Å². The van der Waals surface area contributed by atoms with Gasteiger partial charge >= 0.3 is 6.01 Å². The summed E-state index contributed by atoms with van der Waals surface area (Å²) in [6.07, 6.45) is 1.60. The molecule has 1 heterocycles. The summed E-state index contributed by atoms with van der Waals surface area (Å²) >= 11 is 5.94. The SMILES string of the molecule is NCc1cc(Cl)ccc1Oc1ncn(-c2ccccc2)n1. The van der Waals surface area contributed by atoms with Crippen LogP contribution in [0.5, 0.6) is 11.8 Å². The molecule has 0 saturated heterocycles. The van der Waals surface area contributed by atoms with Crippen molar-refractivity contribution >= 4 is 11.6 Å². The van der Waals surface area contributed by atoms with Crippen molar-refractivity contribution in [2.75, 3.05) is 0 Å².